The number of carbonyl (C=O) groups excluding carboxylic acids is 2. The molecule has 0 N–H and O–H groups in total. The molecule has 0 spiro atoms. The van der Waals surface area contributed by atoms with Crippen molar-refractivity contribution in [1.82, 2.24) is 4.90 Å². The highest BCUT2D eigenvalue weighted by atomic mass is 19.3. The van der Waals surface area contributed by atoms with Gasteiger partial charge in [-0.05, 0) is 30.0 Å². The van der Waals surface area contributed by atoms with Gasteiger partial charge in [-0.2, -0.15) is 8.78 Å². The first kappa shape index (κ1) is 20.0. The zero-order valence-corrected chi connectivity index (χ0v) is 15.7. The molecule has 1 saturated heterocycles. The number of likely N-dealkylation sites (tertiary alicyclic amines) is 1. The Morgan fingerprint density at radius 1 is 1.11 bits per heavy atom. The summed E-state index contributed by atoms with van der Waals surface area (Å²) in [4.78, 5) is 25.4. The van der Waals surface area contributed by atoms with Crippen LogP contribution in [0.2, 0.25) is 0 Å². The lowest BCUT2D eigenvalue weighted by atomic mass is 9.96. The highest BCUT2D eigenvalue weighted by molar-refractivity contribution is 5.80. The number of amides is 1. The van der Waals surface area contributed by atoms with E-state index in [2.05, 4.69) is 4.74 Å². The third-order valence-corrected chi connectivity index (χ3v) is 4.91. The van der Waals surface area contributed by atoms with Crippen molar-refractivity contribution < 1.29 is 23.1 Å². The molecule has 1 aliphatic heterocycles. The minimum atomic E-state index is -3.67. The van der Waals surface area contributed by atoms with Crippen LogP contribution in [-0.2, 0) is 14.3 Å². The first-order valence-electron chi connectivity index (χ1n) is 9.42. The second kappa shape index (κ2) is 8.50. The van der Waals surface area contributed by atoms with Crippen LogP contribution < -0.4 is 0 Å². The van der Waals surface area contributed by atoms with Gasteiger partial charge in [0, 0.05) is 19.4 Å². The number of hydrogen-bond donors (Lipinski definition) is 0. The van der Waals surface area contributed by atoms with Crippen LogP contribution in [0.5, 0.6) is 0 Å². The third kappa shape index (κ3) is 4.38. The van der Waals surface area contributed by atoms with Crippen molar-refractivity contribution in [2.75, 3.05) is 13.2 Å². The molecular weight excluding hydrogens is 364 g/mol. The fourth-order valence-corrected chi connectivity index (χ4v) is 3.50. The molecule has 0 saturated carbocycles. The van der Waals surface area contributed by atoms with Gasteiger partial charge in [-0.25, -0.2) is 4.79 Å². The lowest BCUT2D eigenvalue weighted by Gasteiger charge is -2.30. The van der Waals surface area contributed by atoms with E-state index < -0.39 is 24.4 Å². The quantitative estimate of drug-likeness (QED) is 0.652. The predicted octanol–water partition coefficient (Wildman–Crippen LogP) is 4.61. The van der Waals surface area contributed by atoms with Crippen molar-refractivity contribution in [3.8, 4) is 11.1 Å². The van der Waals surface area contributed by atoms with Gasteiger partial charge in [-0.3, -0.25) is 4.79 Å². The lowest BCUT2D eigenvalue weighted by molar-refractivity contribution is -0.175. The summed E-state index contributed by atoms with van der Waals surface area (Å²) in [6, 6.07) is 16.0. The molecular formula is C22H23F2NO3. The molecule has 1 atom stereocenters. The molecule has 4 nitrogen and oxygen atoms in total. The minimum absolute atomic E-state index is 0.118. The summed E-state index contributed by atoms with van der Waals surface area (Å²) >= 11 is 0. The van der Waals surface area contributed by atoms with Gasteiger partial charge < -0.3 is 9.64 Å². The Labute approximate surface area is 163 Å². The first-order valence-corrected chi connectivity index (χ1v) is 9.42. The molecule has 2 aromatic carbocycles. The van der Waals surface area contributed by atoms with Crippen LogP contribution >= 0.6 is 0 Å². The topological polar surface area (TPSA) is 46.6 Å². The Hall–Kier alpha value is -2.76. The third-order valence-electron chi connectivity index (χ3n) is 4.91. The van der Waals surface area contributed by atoms with Gasteiger partial charge in [0.1, 0.15) is 0 Å². The van der Waals surface area contributed by atoms with E-state index in [1.54, 1.807) is 12.1 Å². The van der Waals surface area contributed by atoms with Crippen LogP contribution in [0.4, 0.5) is 8.78 Å². The van der Waals surface area contributed by atoms with Gasteiger partial charge in [0.25, 0.3) is 0 Å². The van der Waals surface area contributed by atoms with Gasteiger partial charge >= 0.3 is 11.9 Å². The van der Waals surface area contributed by atoms with Crippen molar-refractivity contribution in [3.05, 3.63) is 60.2 Å². The van der Waals surface area contributed by atoms with E-state index in [0.29, 0.717) is 24.9 Å². The maximum Gasteiger partial charge on any atom is 0.377 e. The maximum absolute atomic E-state index is 14.5. The smallest absolute Gasteiger partial charge is 0.377 e. The molecule has 0 aromatic heterocycles. The number of ether oxygens (including phenoxy) is 1. The SMILES string of the molecule is CCOC(=O)C(F)(F)CC(c1ccc(-c2ccccc2)cc1)N1CCCC1=O. The Kier molecular flexibility index (Phi) is 6.07. The van der Waals surface area contributed by atoms with Crippen LogP contribution in [-0.4, -0.2) is 35.9 Å². The molecule has 28 heavy (non-hydrogen) atoms. The molecule has 1 heterocycles. The number of halogens is 2. The first-order chi connectivity index (χ1) is 13.4. The summed E-state index contributed by atoms with van der Waals surface area (Å²) in [5, 5.41) is 0. The number of rotatable bonds is 7. The van der Waals surface area contributed by atoms with E-state index in [9.17, 15) is 18.4 Å². The molecule has 0 radical (unpaired) electrons. The molecule has 1 amide bonds. The van der Waals surface area contributed by atoms with Gasteiger partial charge in [-0.15, -0.1) is 0 Å². The van der Waals surface area contributed by atoms with Crippen molar-refractivity contribution in [1.29, 1.82) is 0 Å². The molecule has 2 aromatic rings. The summed E-state index contributed by atoms with van der Waals surface area (Å²) in [6.45, 7) is 1.77. The van der Waals surface area contributed by atoms with E-state index in [0.717, 1.165) is 11.1 Å². The van der Waals surface area contributed by atoms with Gasteiger partial charge in [0.15, 0.2) is 0 Å². The Bertz CT molecular complexity index is 821. The average molecular weight is 387 g/mol. The van der Waals surface area contributed by atoms with Crippen molar-refractivity contribution >= 4 is 11.9 Å². The Morgan fingerprint density at radius 2 is 1.75 bits per heavy atom. The van der Waals surface area contributed by atoms with E-state index in [1.807, 2.05) is 42.5 Å². The largest absolute Gasteiger partial charge is 0.462 e. The van der Waals surface area contributed by atoms with E-state index in [4.69, 9.17) is 0 Å². The normalized spacial score (nSPS) is 15.5. The molecule has 0 aliphatic carbocycles. The summed E-state index contributed by atoms with van der Waals surface area (Å²) in [5.41, 5.74) is 2.55. The number of esters is 1. The van der Waals surface area contributed by atoms with E-state index >= 15 is 0 Å². The zero-order valence-electron chi connectivity index (χ0n) is 15.7. The van der Waals surface area contributed by atoms with Crippen molar-refractivity contribution in [2.24, 2.45) is 0 Å². The molecule has 0 bridgehead atoms. The number of hydrogen-bond acceptors (Lipinski definition) is 3. The van der Waals surface area contributed by atoms with Crippen LogP contribution in [0.15, 0.2) is 54.6 Å². The number of nitrogens with zero attached hydrogens (tertiary/aromatic N) is 1. The number of alkyl halides is 2. The van der Waals surface area contributed by atoms with Gasteiger partial charge in [0.2, 0.25) is 5.91 Å². The molecule has 148 valence electrons. The van der Waals surface area contributed by atoms with Crippen LogP contribution in [0.25, 0.3) is 11.1 Å². The molecule has 3 rings (SSSR count). The highest BCUT2D eigenvalue weighted by Gasteiger charge is 2.45. The van der Waals surface area contributed by atoms with Gasteiger partial charge in [0.05, 0.1) is 12.6 Å². The summed E-state index contributed by atoms with van der Waals surface area (Å²) in [7, 11) is 0. The Morgan fingerprint density at radius 3 is 2.32 bits per heavy atom. The van der Waals surface area contributed by atoms with Gasteiger partial charge in [-0.1, -0.05) is 54.6 Å². The fourth-order valence-electron chi connectivity index (χ4n) is 3.50. The monoisotopic (exact) mass is 387 g/mol. The summed E-state index contributed by atoms with van der Waals surface area (Å²) in [5.74, 6) is -5.38. The molecule has 1 aliphatic rings. The maximum atomic E-state index is 14.5. The molecule has 1 unspecified atom stereocenters. The highest BCUT2D eigenvalue weighted by Crippen LogP contribution is 2.37. The summed E-state index contributed by atoms with van der Waals surface area (Å²) in [6.07, 6.45) is 0.175. The Balaban J connectivity index is 1.89. The van der Waals surface area contributed by atoms with Crippen molar-refractivity contribution in [2.45, 2.75) is 38.2 Å². The lowest BCUT2D eigenvalue weighted by Crippen LogP contribution is -2.39. The average Bonchev–Trinajstić information content (AvgIpc) is 3.13. The fraction of sp³-hybridized carbons (Fsp3) is 0.364. The van der Waals surface area contributed by atoms with E-state index in [1.165, 1.54) is 11.8 Å². The zero-order chi connectivity index (χ0) is 20.1. The second-order valence-corrected chi connectivity index (χ2v) is 6.82. The van der Waals surface area contributed by atoms with E-state index in [-0.39, 0.29) is 12.5 Å². The number of benzene rings is 2. The molecule has 6 heteroatoms. The number of carbonyl (C=O) groups is 2. The second-order valence-electron chi connectivity index (χ2n) is 6.82. The predicted molar refractivity (Wildman–Crippen MR) is 102 cm³/mol. The minimum Gasteiger partial charge on any atom is -0.462 e. The summed E-state index contributed by atoms with van der Waals surface area (Å²) < 4.78 is 33.4. The van der Waals surface area contributed by atoms with Crippen molar-refractivity contribution in [3.63, 3.8) is 0 Å². The standard InChI is InChI=1S/C22H23F2NO3/c1-2-28-21(27)22(23,24)15-19(25-14-6-9-20(25)26)18-12-10-17(11-13-18)16-7-4-3-5-8-16/h3-5,7-8,10-13,19H,2,6,9,14-15H2,1H3. The van der Waals surface area contributed by atoms with Crippen LogP contribution in [0, 0.1) is 0 Å². The van der Waals surface area contributed by atoms with Crippen LogP contribution in [0.3, 0.4) is 0 Å². The van der Waals surface area contributed by atoms with Crippen LogP contribution in [0.1, 0.15) is 37.8 Å². The molecule has 1 fully saturated rings.